The minimum absolute atomic E-state index is 0.137. The Morgan fingerprint density at radius 2 is 1.59 bits per heavy atom. The highest BCUT2D eigenvalue weighted by Crippen LogP contribution is 2.29. The van der Waals surface area contributed by atoms with Crippen LogP contribution in [0.15, 0.2) is 6.07 Å². The predicted molar refractivity (Wildman–Crippen MR) is 168 cm³/mol. The molecule has 0 spiro atoms. The number of nitrogen functional groups attached to an aromatic ring is 1. The maximum Gasteiger partial charge on any atom is 0.265 e. The van der Waals surface area contributed by atoms with Crippen molar-refractivity contribution >= 4 is 25.1 Å². The Balaban J connectivity index is 1.06. The highest BCUT2D eigenvalue weighted by Gasteiger charge is 2.22. The van der Waals surface area contributed by atoms with Gasteiger partial charge in [-0.15, -0.1) is 0 Å². The fourth-order valence-corrected chi connectivity index (χ4v) is 6.86. The van der Waals surface area contributed by atoms with E-state index in [1.54, 1.807) is 6.07 Å². The Bertz CT molecular complexity index is 928. The lowest BCUT2D eigenvalue weighted by molar-refractivity contribution is 0.144. The van der Waals surface area contributed by atoms with Crippen LogP contribution in [-0.4, -0.2) is 102 Å². The van der Waals surface area contributed by atoms with Crippen molar-refractivity contribution in [2.24, 2.45) is 17.3 Å². The molecule has 0 aromatic carbocycles. The zero-order chi connectivity index (χ0) is 28.9. The predicted octanol–water partition coefficient (Wildman–Crippen LogP) is 2.31. The second kappa shape index (κ2) is 16.9. The van der Waals surface area contributed by atoms with Crippen LogP contribution in [0.4, 0.5) is 17.6 Å². The van der Waals surface area contributed by atoms with Gasteiger partial charge in [0.15, 0.2) is 0 Å². The summed E-state index contributed by atoms with van der Waals surface area (Å²) in [5, 5.41) is 14.3. The molecular formula is C28H55N10O2P. The number of hydrogen-bond donors (Lipinski definition) is 7. The van der Waals surface area contributed by atoms with Crippen molar-refractivity contribution in [3.05, 3.63) is 6.07 Å². The molecule has 0 bridgehead atoms. The van der Waals surface area contributed by atoms with Crippen LogP contribution in [0, 0.1) is 11.8 Å². The van der Waals surface area contributed by atoms with Crippen LogP contribution in [-0.2, 0) is 4.57 Å². The van der Waals surface area contributed by atoms with Crippen LogP contribution in [0.3, 0.4) is 0 Å². The lowest BCUT2D eigenvalue weighted by Crippen LogP contribution is -2.48. The molecule has 1 saturated heterocycles. The molecule has 2 saturated carbocycles. The molecule has 3 fully saturated rings. The summed E-state index contributed by atoms with van der Waals surface area (Å²) < 4.78 is 11.3. The van der Waals surface area contributed by atoms with Crippen LogP contribution in [0.5, 0.6) is 0 Å². The molecule has 234 valence electrons. The first-order chi connectivity index (χ1) is 19.8. The van der Waals surface area contributed by atoms with E-state index < -0.39 is 7.52 Å². The molecular weight excluding hydrogens is 539 g/mol. The van der Waals surface area contributed by atoms with E-state index in [1.165, 1.54) is 64.2 Å². The first kappa shape index (κ1) is 32.4. The average molecular weight is 595 g/mol. The van der Waals surface area contributed by atoms with Crippen LogP contribution in [0.1, 0.15) is 64.2 Å². The molecule has 1 atom stereocenters. The number of aromatic nitrogens is 2. The van der Waals surface area contributed by atoms with Crippen molar-refractivity contribution in [2.45, 2.75) is 70.3 Å². The third-order valence-electron chi connectivity index (χ3n) is 8.95. The van der Waals surface area contributed by atoms with Gasteiger partial charge in [0.05, 0.1) is 12.8 Å². The summed E-state index contributed by atoms with van der Waals surface area (Å²) in [6.45, 7) is 8.92. The van der Waals surface area contributed by atoms with Crippen molar-refractivity contribution in [3.8, 4) is 0 Å². The van der Waals surface area contributed by atoms with Gasteiger partial charge in [-0.3, -0.25) is 15.0 Å². The van der Waals surface area contributed by atoms with Gasteiger partial charge in [-0.25, -0.2) is 0 Å². The first-order valence-electron chi connectivity index (χ1n) is 15.9. The topological polar surface area (TPSA) is 170 Å². The molecule has 1 aromatic heterocycles. The largest absolute Gasteiger partial charge is 0.383 e. The van der Waals surface area contributed by atoms with E-state index in [9.17, 15) is 9.46 Å². The Morgan fingerprint density at radius 3 is 2.29 bits per heavy atom. The summed E-state index contributed by atoms with van der Waals surface area (Å²) in [6, 6.07) is 2.53. The molecule has 41 heavy (non-hydrogen) atoms. The fraction of sp³-hybridized carbons (Fsp3) is 0.857. The van der Waals surface area contributed by atoms with Crippen LogP contribution in [0.25, 0.3) is 0 Å². The van der Waals surface area contributed by atoms with Gasteiger partial charge in [0.1, 0.15) is 11.6 Å². The molecule has 2 heterocycles. The van der Waals surface area contributed by atoms with Crippen molar-refractivity contribution in [3.63, 3.8) is 0 Å². The number of piperazine rings is 1. The zero-order valence-corrected chi connectivity index (χ0v) is 25.8. The van der Waals surface area contributed by atoms with Crippen LogP contribution >= 0.6 is 7.52 Å². The molecule has 13 heteroatoms. The van der Waals surface area contributed by atoms with E-state index in [4.69, 9.17) is 11.2 Å². The molecule has 3 aliphatic rings. The minimum Gasteiger partial charge on any atom is -0.383 e. The highest BCUT2D eigenvalue weighted by molar-refractivity contribution is 7.55. The number of nitrogens with zero attached hydrogens (tertiary/aromatic N) is 4. The van der Waals surface area contributed by atoms with Crippen molar-refractivity contribution in [1.29, 1.82) is 0 Å². The van der Waals surface area contributed by atoms with Crippen molar-refractivity contribution in [1.82, 2.24) is 30.4 Å². The molecule has 4 rings (SSSR count). The summed E-state index contributed by atoms with van der Waals surface area (Å²) in [5.74, 6) is 3.18. The number of nitrogens with one attached hydrogen (secondary N) is 4. The van der Waals surface area contributed by atoms with Gasteiger partial charge >= 0.3 is 0 Å². The molecule has 0 radical (unpaired) electrons. The van der Waals surface area contributed by atoms with Crippen molar-refractivity contribution in [2.75, 3.05) is 88.1 Å². The standard InChI is InChI=1S/C28H55N10O2P/c29-26-19-27(34-22-38-15-13-37(14-16-38)17-18-41(30,39)40)36-28(35-26)33-21-24-9-7-23(8-10-24)20-31-11-4-12-32-25-5-2-1-3-6-25/h19,23-25,31-32H,1-18,20-22H2,(H3,30,39,40)(H4,29,33,34,35,36). The normalized spacial score (nSPS) is 24.6. The fourth-order valence-electron chi connectivity index (χ4n) is 6.29. The number of nitrogens with two attached hydrogens (primary N) is 2. The molecule has 0 amide bonds. The smallest absolute Gasteiger partial charge is 0.265 e. The van der Waals surface area contributed by atoms with Gasteiger partial charge in [0.25, 0.3) is 7.52 Å². The minimum atomic E-state index is -3.44. The van der Waals surface area contributed by atoms with Crippen molar-refractivity contribution < 1.29 is 9.46 Å². The Labute approximate surface area is 246 Å². The highest BCUT2D eigenvalue weighted by atomic mass is 31.2. The van der Waals surface area contributed by atoms with E-state index in [0.29, 0.717) is 30.9 Å². The Hall–Kier alpha value is -1.53. The van der Waals surface area contributed by atoms with Gasteiger partial charge in [-0.1, -0.05) is 19.3 Å². The van der Waals surface area contributed by atoms with Crippen LogP contribution in [0.2, 0.25) is 0 Å². The van der Waals surface area contributed by atoms with Gasteiger partial charge in [-0.05, 0) is 76.4 Å². The van der Waals surface area contributed by atoms with Gasteiger partial charge in [0.2, 0.25) is 5.95 Å². The third kappa shape index (κ3) is 12.7. The maximum absolute atomic E-state index is 11.3. The zero-order valence-electron chi connectivity index (χ0n) is 24.9. The lowest BCUT2D eigenvalue weighted by Gasteiger charge is -2.34. The van der Waals surface area contributed by atoms with E-state index in [-0.39, 0.29) is 6.16 Å². The molecule has 2 aliphatic carbocycles. The third-order valence-corrected chi connectivity index (χ3v) is 9.79. The first-order valence-corrected chi connectivity index (χ1v) is 17.9. The maximum atomic E-state index is 11.3. The average Bonchev–Trinajstić information content (AvgIpc) is 2.97. The number of anilines is 3. The molecule has 1 aromatic rings. The number of rotatable bonds is 16. The second-order valence-electron chi connectivity index (χ2n) is 12.4. The summed E-state index contributed by atoms with van der Waals surface area (Å²) in [6.07, 6.45) is 13.3. The van der Waals surface area contributed by atoms with E-state index in [2.05, 4.69) is 41.0 Å². The molecule has 1 unspecified atom stereocenters. The SMILES string of the molecule is Nc1cc(NCN2CCN(CCP(N)(=O)O)CC2)nc(NCC2CCC(CNCCCNC3CCCCC3)CC2)n1. The van der Waals surface area contributed by atoms with E-state index >= 15 is 0 Å². The Kier molecular flexibility index (Phi) is 13.4. The summed E-state index contributed by atoms with van der Waals surface area (Å²) >= 11 is 0. The second-order valence-corrected chi connectivity index (χ2v) is 14.3. The lowest BCUT2D eigenvalue weighted by atomic mass is 9.82. The summed E-state index contributed by atoms with van der Waals surface area (Å²) in [5.41, 5.74) is 11.3. The van der Waals surface area contributed by atoms with E-state index in [1.807, 2.05) is 0 Å². The summed E-state index contributed by atoms with van der Waals surface area (Å²) in [7, 11) is -3.44. The summed E-state index contributed by atoms with van der Waals surface area (Å²) in [4.78, 5) is 22.8. The Morgan fingerprint density at radius 1 is 0.902 bits per heavy atom. The number of hydrogen-bond acceptors (Lipinski definition) is 10. The molecule has 9 N–H and O–H groups in total. The van der Waals surface area contributed by atoms with Gasteiger partial charge in [-0.2, -0.15) is 9.97 Å². The molecule has 1 aliphatic heterocycles. The monoisotopic (exact) mass is 594 g/mol. The van der Waals surface area contributed by atoms with Crippen LogP contribution < -0.4 is 32.5 Å². The van der Waals surface area contributed by atoms with Gasteiger partial charge < -0.3 is 36.8 Å². The van der Waals surface area contributed by atoms with Gasteiger partial charge in [0, 0.05) is 51.4 Å². The quantitative estimate of drug-likeness (QED) is 0.110. The molecule has 12 nitrogen and oxygen atoms in total. The van der Waals surface area contributed by atoms with E-state index in [0.717, 1.165) is 70.1 Å².